The molecular formula is C26H57F5. The maximum Gasteiger partial charge on any atom is 0.394 e. The molecule has 0 spiro atoms. The van der Waals surface area contributed by atoms with Crippen molar-refractivity contribution in [3.63, 3.8) is 0 Å². The van der Waals surface area contributed by atoms with Gasteiger partial charge in [-0.1, -0.05) is 140 Å². The van der Waals surface area contributed by atoms with Crippen LogP contribution in [-0.2, 0) is 0 Å². The Hall–Kier alpha value is -0.350. The van der Waals surface area contributed by atoms with Gasteiger partial charge in [0.25, 0.3) is 0 Å². The molecule has 31 heavy (non-hydrogen) atoms. The summed E-state index contributed by atoms with van der Waals surface area (Å²) >= 11 is 0. The van der Waals surface area contributed by atoms with E-state index in [9.17, 15) is 22.0 Å². The van der Waals surface area contributed by atoms with E-state index in [0.717, 1.165) is 11.8 Å². The van der Waals surface area contributed by atoms with Crippen molar-refractivity contribution in [1.29, 1.82) is 0 Å². The number of rotatable bonds is 5. The molecule has 1 aliphatic rings. The first-order valence-corrected chi connectivity index (χ1v) is 12.6. The third-order valence-electron chi connectivity index (χ3n) is 3.66. The van der Waals surface area contributed by atoms with E-state index in [1.165, 1.54) is 70.6 Å². The number of hydrogen-bond acceptors (Lipinski definition) is 0. The maximum atomic E-state index is 10.8. The van der Waals surface area contributed by atoms with Gasteiger partial charge in [0.1, 0.15) is 6.42 Å². The molecule has 0 aromatic carbocycles. The number of alkyl halides is 5. The number of unbranched alkanes of at least 4 members (excludes halogenated alkanes) is 3. The summed E-state index contributed by atoms with van der Waals surface area (Å²) in [5.74, 6) is 1.72. The summed E-state index contributed by atoms with van der Waals surface area (Å²) in [6, 6.07) is 0. The summed E-state index contributed by atoms with van der Waals surface area (Å²) < 4.78 is 54.1. The highest BCUT2D eigenvalue weighted by Crippen LogP contribution is 2.23. The molecule has 5 heteroatoms. The van der Waals surface area contributed by atoms with E-state index in [-0.39, 0.29) is 0 Å². The van der Waals surface area contributed by atoms with Gasteiger partial charge in [0.15, 0.2) is 0 Å². The highest BCUT2D eigenvalue weighted by molar-refractivity contribution is 4.51. The van der Waals surface area contributed by atoms with Crippen molar-refractivity contribution < 1.29 is 22.0 Å². The summed E-state index contributed by atoms with van der Waals surface area (Å²) in [5.41, 5.74) is 0. The lowest BCUT2D eigenvalue weighted by Crippen LogP contribution is -2.12. The summed E-state index contributed by atoms with van der Waals surface area (Å²) in [7, 11) is 0. The van der Waals surface area contributed by atoms with Gasteiger partial charge in [-0.2, -0.15) is 13.2 Å². The molecule has 196 valence electrons. The predicted octanol–water partition coefficient (Wildman–Crippen LogP) is 11.9. The molecule has 0 nitrogen and oxygen atoms in total. The fraction of sp³-hybridized carbons (Fsp3) is 1.00. The maximum absolute atomic E-state index is 10.8. The van der Waals surface area contributed by atoms with Crippen molar-refractivity contribution in [2.24, 2.45) is 11.8 Å². The minimum absolute atomic E-state index is 0.833. The molecule has 0 radical (unpaired) electrons. The zero-order valence-corrected chi connectivity index (χ0v) is 22.6. The standard InChI is InChI=1S/C5H10.2C5H12.2C4H10.C3H3F5/c1-2-4-5-3-1;1-4-5(2)3;1-3-5-4-2;1-4(2)3;1-3-4-2;4-2(5)1-3(6,7)8/h1-5H2;5H,4H2,1-3H3;3-5H2,1-2H3;4H,1-3H3;3-4H2,1-2H3;2H,1H2. The molecule has 1 fully saturated rings. The molecule has 1 saturated carbocycles. The topological polar surface area (TPSA) is 0 Å². The van der Waals surface area contributed by atoms with Gasteiger partial charge >= 0.3 is 6.18 Å². The van der Waals surface area contributed by atoms with Crippen LogP contribution in [0.3, 0.4) is 0 Å². The Kier molecular flexibility index (Phi) is 45.3. The largest absolute Gasteiger partial charge is 0.394 e. The molecule has 0 heterocycles. The lowest BCUT2D eigenvalue weighted by atomic mass is 10.2. The summed E-state index contributed by atoms with van der Waals surface area (Å²) in [6.45, 7) is 21.9. The smallest absolute Gasteiger partial charge is 0.210 e. The van der Waals surface area contributed by atoms with Gasteiger partial charge in [-0.25, -0.2) is 8.78 Å². The minimum atomic E-state index is -4.73. The second-order valence-corrected chi connectivity index (χ2v) is 8.87. The van der Waals surface area contributed by atoms with Crippen LogP contribution in [0.4, 0.5) is 22.0 Å². The lowest BCUT2D eigenvalue weighted by molar-refractivity contribution is -0.158. The highest BCUT2D eigenvalue weighted by Gasteiger charge is 2.31. The molecular weight excluding hydrogens is 407 g/mol. The minimum Gasteiger partial charge on any atom is -0.210 e. The van der Waals surface area contributed by atoms with Crippen molar-refractivity contribution in [3.05, 3.63) is 0 Å². The second kappa shape index (κ2) is 34.3. The Morgan fingerprint density at radius 1 is 0.613 bits per heavy atom. The number of hydrogen-bond donors (Lipinski definition) is 0. The Bertz CT molecular complexity index is 243. The first-order chi connectivity index (χ1) is 14.2. The van der Waals surface area contributed by atoms with E-state index >= 15 is 0 Å². The van der Waals surface area contributed by atoms with Crippen molar-refractivity contribution in [1.82, 2.24) is 0 Å². The van der Waals surface area contributed by atoms with Gasteiger partial charge in [0.05, 0.1) is 0 Å². The molecule has 0 amide bonds. The Morgan fingerprint density at radius 2 is 0.871 bits per heavy atom. The predicted molar refractivity (Wildman–Crippen MR) is 131 cm³/mol. The van der Waals surface area contributed by atoms with Crippen molar-refractivity contribution in [3.8, 4) is 0 Å². The molecule has 0 saturated heterocycles. The van der Waals surface area contributed by atoms with Crippen LogP contribution in [-0.4, -0.2) is 12.6 Å². The van der Waals surface area contributed by atoms with Gasteiger partial charge in [-0.3, -0.25) is 0 Å². The molecule has 0 N–H and O–H groups in total. The third-order valence-corrected chi connectivity index (χ3v) is 3.66. The summed E-state index contributed by atoms with van der Waals surface area (Å²) in [5, 5.41) is 0. The zero-order chi connectivity index (χ0) is 25.7. The van der Waals surface area contributed by atoms with Crippen LogP contribution in [0.1, 0.15) is 146 Å². The quantitative estimate of drug-likeness (QED) is 0.355. The van der Waals surface area contributed by atoms with Gasteiger partial charge in [0, 0.05) is 0 Å². The fourth-order valence-corrected chi connectivity index (χ4v) is 1.41. The van der Waals surface area contributed by atoms with Gasteiger partial charge in [-0.15, -0.1) is 0 Å². The van der Waals surface area contributed by atoms with E-state index in [1.807, 2.05) is 0 Å². The third kappa shape index (κ3) is 106. The van der Waals surface area contributed by atoms with E-state index in [4.69, 9.17) is 0 Å². The zero-order valence-electron chi connectivity index (χ0n) is 22.6. The fourth-order valence-electron chi connectivity index (χ4n) is 1.41. The Balaban J connectivity index is -0.0000000890. The van der Waals surface area contributed by atoms with E-state index < -0.39 is 19.0 Å². The van der Waals surface area contributed by atoms with Crippen LogP contribution < -0.4 is 0 Å². The Labute approximate surface area is 193 Å². The molecule has 0 atom stereocenters. The average molecular weight is 465 g/mol. The number of halogens is 5. The monoisotopic (exact) mass is 464 g/mol. The van der Waals surface area contributed by atoms with Crippen LogP contribution in [0.5, 0.6) is 0 Å². The first-order valence-electron chi connectivity index (χ1n) is 12.6. The second-order valence-electron chi connectivity index (χ2n) is 8.87. The molecule has 0 unspecified atom stereocenters. The van der Waals surface area contributed by atoms with E-state index in [2.05, 4.69) is 69.2 Å². The van der Waals surface area contributed by atoms with Crippen molar-refractivity contribution >= 4 is 0 Å². The van der Waals surface area contributed by atoms with E-state index in [0.29, 0.717) is 0 Å². The highest BCUT2D eigenvalue weighted by atomic mass is 19.4. The van der Waals surface area contributed by atoms with Gasteiger partial charge < -0.3 is 0 Å². The van der Waals surface area contributed by atoms with E-state index in [1.54, 1.807) is 0 Å². The van der Waals surface area contributed by atoms with Crippen LogP contribution in [0.2, 0.25) is 0 Å². The van der Waals surface area contributed by atoms with Crippen LogP contribution in [0.25, 0.3) is 0 Å². The molecule has 1 aliphatic carbocycles. The molecule has 0 aromatic heterocycles. The molecule has 0 aromatic rings. The Morgan fingerprint density at radius 3 is 0.903 bits per heavy atom. The van der Waals surface area contributed by atoms with Crippen LogP contribution in [0.15, 0.2) is 0 Å². The first kappa shape index (κ1) is 41.0. The SMILES string of the molecule is C1CCCC1.CC(C)C.CCC(C)C.CCCC.CCCCC.FC(F)CC(F)(F)F. The lowest BCUT2D eigenvalue weighted by Gasteiger charge is -2.02. The van der Waals surface area contributed by atoms with Crippen LogP contribution in [0, 0.1) is 11.8 Å². The molecule has 1 rings (SSSR count). The average Bonchev–Trinajstić information content (AvgIpc) is 3.21. The normalized spacial score (nSPS) is 12.2. The van der Waals surface area contributed by atoms with Crippen molar-refractivity contribution in [2.75, 3.05) is 0 Å². The molecule has 0 aliphatic heterocycles. The van der Waals surface area contributed by atoms with Crippen LogP contribution >= 0.6 is 0 Å². The van der Waals surface area contributed by atoms with Gasteiger partial charge in [-0.05, 0) is 11.8 Å². The molecule has 0 bridgehead atoms. The van der Waals surface area contributed by atoms with Crippen molar-refractivity contribution in [2.45, 2.75) is 159 Å². The van der Waals surface area contributed by atoms with Gasteiger partial charge in [0.2, 0.25) is 6.43 Å². The summed E-state index contributed by atoms with van der Waals surface area (Å²) in [6.07, 6.45) is 5.50. The summed E-state index contributed by atoms with van der Waals surface area (Å²) in [4.78, 5) is 0.